The first kappa shape index (κ1) is 36.1. The maximum absolute atomic E-state index is 13.9. The summed E-state index contributed by atoms with van der Waals surface area (Å²) in [4.78, 5) is 27.7. The van der Waals surface area contributed by atoms with E-state index in [2.05, 4.69) is 0 Å². The first-order valence-corrected chi connectivity index (χ1v) is 16.5. The molecule has 0 amide bonds. The molecule has 0 saturated heterocycles. The Bertz CT molecular complexity index is 2130. The van der Waals surface area contributed by atoms with Gasteiger partial charge >= 0.3 is 24.7 Å². The zero-order valence-corrected chi connectivity index (χ0v) is 28.0. The van der Waals surface area contributed by atoms with Crippen molar-refractivity contribution in [2.24, 2.45) is 0 Å². The average Bonchev–Trinajstić information content (AvgIpc) is 3.17. The molecule has 2 atom stereocenters. The van der Waals surface area contributed by atoms with Crippen LogP contribution in [0.1, 0.15) is 44.5 Å². The first-order valence-electron chi connectivity index (χ1n) is 16.5. The molecule has 54 heavy (non-hydrogen) atoms. The third-order valence-electron chi connectivity index (χ3n) is 9.25. The Morgan fingerprint density at radius 3 is 1.13 bits per heavy atom. The summed E-state index contributed by atoms with van der Waals surface area (Å²) in [5.41, 5.74) is -5.45. The molecule has 0 fully saturated rings. The highest BCUT2D eigenvalue weighted by molar-refractivity contribution is 5.88. The molecule has 1 aliphatic carbocycles. The summed E-state index contributed by atoms with van der Waals surface area (Å²) < 4.78 is 107. The van der Waals surface area contributed by atoms with Crippen LogP contribution in [0.25, 0.3) is 10.8 Å². The van der Waals surface area contributed by atoms with Gasteiger partial charge in [0.05, 0.1) is 11.1 Å². The SMILES string of the molecule is O=C(OCc1ccccc1)O[C@@]1(c2ccc(C(F)(F)F)cc2)c2cc3ccccc3cc2[C@@]1(OC(=O)OCc1ccccc1)c1ccc(C(F)(F)F)cc1. The Kier molecular flexibility index (Phi) is 9.30. The number of rotatable bonds is 8. The van der Waals surface area contributed by atoms with Gasteiger partial charge in [-0.1, -0.05) is 109 Å². The van der Waals surface area contributed by atoms with Crippen molar-refractivity contribution in [2.75, 3.05) is 0 Å². The lowest BCUT2D eigenvalue weighted by molar-refractivity contribution is -0.173. The summed E-state index contributed by atoms with van der Waals surface area (Å²) in [6, 6.07) is 34.6. The smallest absolute Gasteiger partial charge is 0.429 e. The van der Waals surface area contributed by atoms with Gasteiger partial charge in [-0.3, -0.25) is 0 Å². The Morgan fingerprint density at radius 2 is 0.796 bits per heavy atom. The van der Waals surface area contributed by atoms with Gasteiger partial charge in [-0.25, -0.2) is 9.59 Å². The van der Waals surface area contributed by atoms with Crippen LogP contribution in [0.5, 0.6) is 0 Å². The van der Waals surface area contributed by atoms with Gasteiger partial charge in [-0.2, -0.15) is 26.3 Å². The molecule has 274 valence electrons. The van der Waals surface area contributed by atoms with E-state index in [1.165, 1.54) is 0 Å². The largest absolute Gasteiger partial charge is 0.510 e. The Labute approximate surface area is 304 Å². The van der Waals surface area contributed by atoms with Crippen LogP contribution in [0.2, 0.25) is 0 Å². The maximum atomic E-state index is 13.9. The molecule has 0 aromatic heterocycles. The second-order valence-corrected chi connectivity index (χ2v) is 12.5. The summed E-state index contributed by atoms with van der Waals surface area (Å²) in [6.45, 7) is -0.554. The quantitative estimate of drug-likeness (QED) is 0.114. The van der Waals surface area contributed by atoms with E-state index < -0.39 is 47.0 Å². The Hall–Kier alpha value is -6.30. The number of carbonyl (C=O) groups is 2. The molecule has 7 rings (SSSR count). The van der Waals surface area contributed by atoms with Crippen molar-refractivity contribution in [2.45, 2.75) is 36.8 Å². The van der Waals surface area contributed by atoms with Gasteiger partial charge in [0.25, 0.3) is 0 Å². The van der Waals surface area contributed by atoms with E-state index in [9.17, 15) is 35.9 Å². The average molecular weight is 743 g/mol. The van der Waals surface area contributed by atoms with E-state index >= 15 is 0 Å². The number of ether oxygens (including phenoxy) is 4. The fourth-order valence-corrected chi connectivity index (χ4v) is 6.76. The van der Waals surface area contributed by atoms with Crippen molar-refractivity contribution in [1.82, 2.24) is 0 Å². The highest BCUT2D eigenvalue weighted by Crippen LogP contribution is 2.65. The molecule has 6 nitrogen and oxygen atoms in total. The van der Waals surface area contributed by atoms with Gasteiger partial charge in [0.2, 0.25) is 11.2 Å². The van der Waals surface area contributed by atoms with E-state index in [-0.39, 0.29) is 35.5 Å². The number of fused-ring (bicyclic) bond motifs is 2. The molecule has 0 N–H and O–H groups in total. The van der Waals surface area contributed by atoms with Gasteiger partial charge in [0, 0.05) is 22.3 Å². The van der Waals surface area contributed by atoms with Crippen LogP contribution in [-0.2, 0) is 55.7 Å². The Morgan fingerprint density at radius 1 is 0.463 bits per heavy atom. The number of hydrogen-bond donors (Lipinski definition) is 0. The van der Waals surface area contributed by atoms with Crippen molar-refractivity contribution in [3.05, 3.63) is 190 Å². The minimum absolute atomic E-state index is 0.106. The molecular formula is C42H28F6O6. The van der Waals surface area contributed by atoms with Crippen molar-refractivity contribution >= 4 is 23.1 Å². The van der Waals surface area contributed by atoms with Crippen LogP contribution < -0.4 is 0 Å². The van der Waals surface area contributed by atoms with Gasteiger partial charge in [0.1, 0.15) is 13.2 Å². The maximum Gasteiger partial charge on any atom is 0.510 e. The predicted molar refractivity (Wildman–Crippen MR) is 184 cm³/mol. The van der Waals surface area contributed by atoms with Crippen LogP contribution in [-0.4, -0.2) is 12.3 Å². The summed E-state index contributed by atoms with van der Waals surface area (Å²) in [7, 11) is 0. The highest BCUT2D eigenvalue weighted by Gasteiger charge is 2.72. The van der Waals surface area contributed by atoms with E-state index in [0.29, 0.717) is 21.9 Å². The highest BCUT2D eigenvalue weighted by atomic mass is 19.4. The van der Waals surface area contributed by atoms with Crippen LogP contribution in [0, 0.1) is 0 Å². The monoisotopic (exact) mass is 742 g/mol. The molecule has 0 bridgehead atoms. The fraction of sp³-hybridized carbons (Fsp3) is 0.143. The first-order chi connectivity index (χ1) is 25.8. The molecule has 0 unspecified atom stereocenters. The Balaban J connectivity index is 1.46. The molecule has 0 aliphatic heterocycles. The molecule has 12 heteroatoms. The summed E-state index contributed by atoms with van der Waals surface area (Å²) in [6.07, 6.45) is -12.1. The number of hydrogen-bond acceptors (Lipinski definition) is 6. The summed E-state index contributed by atoms with van der Waals surface area (Å²) >= 11 is 0. The van der Waals surface area contributed by atoms with E-state index in [1.807, 2.05) is 0 Å². The van der Waals surface area contributed by atoms with E-state index in [1.54, 1.807) is 97.1 Å². The molecule has 0 heterocycles. The number of halogens is 6. The molecule has 6 aromatic carbocycles. The zero-order chi connectivity index (χ0) is 38.1. The standard InChI is InChI=1S/C42H28F6O6/c43-41(44,45)33-19-15-31(16-20-33)39(53-37(49)51-25-27-9-3-1-4-10-27)35-23-29-13-7-8-14-30(29)24-36(35)40(39,32-17-21-34(22-18-32)42(46,47)48)54-38(50)52-26-28-11-5-2-6-12-28/h1-24H,25-26H2/t39-,40-/m0/s1. The minimum atomic E-state index is -4.75. The van der Waals surface area contributed by atoms with E-state index in [4.69, 9.17) is 18.9 Å². The molecule has 0 spiro atoms. The van der Waals surface area contributed by atoms with Gasteiger partial charge < -0.3 is 18.9 Å². The molecule has 1 aliphatic rings. The molecule has 6 aromatic rings. The lowest BCUT2D eigenvalue weighted by atomic mass is 9.54. The molecule has 0 saturated carbocycles. The van der Waals surface area contributed by atoms with Crippen LogP contribution >= 0.6 is 0 Å². The van der Waals surface area contributed by atoms with Crippen LogP contribution in [0.15, 0.2) is 146 Å². The fourth-order valence-electron chi connectivity index (χ4n) is 6.76. The molecular weight excluding hydrogens is 714 g/mol. The van der Waals surface area contributed by atoms with Gasteiger partial charge in [-0.05, 0) is 58.3 Å². The second-order valence-electron chi connectivity index (χ2n) is 12.5. The van der Waals surface area contributed by atoms with Crippen molar-refractivity contribution in [3.8, 4) is 0 Å². The molecule has 0 radical (unpaired) electrons. The number of carbonyl (C=O) groups excluding carboxylic acids is 2. The minimum Gasteiger partial charge on any atom is -0.429 e. The number of alkyl halides is 6. The van der Waals surface area contributed by atoms with Crippen molar-refractivity contribution in [3.63, 3.8) is 0 Å². The predicted octanol–water partition coefficient (Wildman–Crippen LogP) is 11.1. The summed E-state index contributed by atoms with van der Waals surface area (Å²) in [5, 5.41) is 1.22. The zero-order valence-electron chi connectivity index (χ0n) is 28.0. The normalized spacial score (nSPS) is 17.9. The third kappa shape index (κ3) is 6.59. The lowest BCUT2D eigenvalue weighted by Gasteiger charge is -2.57. The third-order valence-corrected chi connectivity index (χ3v) is 9.25. The van der Waals surface area contributed by atoms with Crippen LogP contribution in [0.4, 0.5) is 35.9 Å². The van der Waals surface area contributed by atoms with E-state index in [0.717, 1.165) is 48.5 Å². The lowest BCUT2D eigenvalue weighted by Crippen LogP contribution is -2.64. The van der Waals surface area contributed by atoms with Gasteiger partial charge in [-0.15, -0.1) is 0 Å². The number of benzene rings is 6. The van der Waals surface area contributed by atoms with Gasteiger partial charge in [0.15, 0.2) is 0 Å². The summed E-state index contributed by atoms with van der Waals surface area (Å²) in [5.74, 6) is 0. The van der Waals surface area contributed by atoms with Crippen molar-refractivity contribution in [1.29, 1.82) is 0 Å². The van der Waals surface area contributed by atoms with Crippen molar-refractivity contribution < 1.29 is 54.9 Å². The second kappa shape index (κ2) is 13.9. The topological polar surface area (TPSA) is 71.1 Å². The van der Waals surface area contributed by atoms with Crippen LogP contribution in [0.3, 0.4) is 0 Å².